The maximum atomic E-state index is 12.2. The van der Waals surface area contributed by atoms with Crippen LogP contribution in [0.5, 0.6) is 0 Å². The Morgan fingerprint density at radius 3 is 2.64 bits per heavy atom. The molecule has 2 heterocycles. The van der Waals surface area contributed by atoms with Gasteiger partial charge in [-0.05, 0) is 37.8 Å². The molecule has 0 spiro atoms. The molecule has 0 bridgehead atoms. The maximum absolute atomic E-state index is 12.2. The van der Waals surface area contributed by atoms with E-state index in [0.717, 1.165) is 0 Å². The lowest BCUT2D eigenvalue weighted by atomic mass is 9.86. The number of carbonyl (C=O) groups excluding carboxylic acids is 1. The zero-order valence-electron chi connectivity index (χ0n) is 12.4. The van der Waals surface area contributed by atoms with Gasteiger partial charge in [0.25, 0.3) is 0 Å². The van der Waals surface area contributed by atoms with Gasteiger partial charge in [0.2, 0.25) is 11.1 Å². The second-order valence-corrected chi connectivity index (χ2v) is 5.87. The summed E-state index contributed by atoms with van der Waals surface area (Å²) in [5.74, 6) is -1.14. The third kappa shape index (κ3) is 4.20. The minimum absolute atomic E-state index is 0.102. The van der Waals surface area contributed by atoms with Crippen LogP contribution in [0.25, 0.3) is 0 Å². The summed E-state index contributed by atoms with van der Waals surface area (Å²) in [7, 11) is 0. The molecule has 1 aliphatic rings. The Bertz CT molecular complexity index is 532. The van der Waals surface area contributed by atoms with Crippen LogP contribution in [0.15, 0.2) is 4.52 Å². The molecular formula is C14H19ClN2O5. The van der Waals surface area contributed by atoms with Gasteiger partial charge in [-0.3, -0.25) is 9.59 Å². The number of aromatic nitrogens is 1. The molecular weight excluding hydrogens is 312 g/mol. The average Bonchev–Trinajstić information content (AvgIpc) is 2.75. The molecule has 0 saturated carbocycles. The van der Waals surface area contributed by atoms with Crippen molar-refractivity contribution in [1.82, 2.24) is 10.5 Å². The Kier molecular flexibility index (Phi) is 5.42. The molecule has 1 saturated heterocycles. The molecule has 1 amide bonds. The van der Waals surface area contributed by atoms with Crippen LogP contribution in [-0.4, -0.2) is 40.9 Å². The molecule has 8 heteroatoms. The summed E-state index contributed by atoms with van der Waals surface area (Å²) in [4.78, 5) is 23.2. The van der Waals surface area contributed by atoms with Crippen LogP contribution in [-0.2, 0) is 20.7 Å². The number of ether oxygens (including phenoxy) is 1. The normalized spacial score (nSPS) is 17.2. The van der Waals surface area contributed by atoms with Crippen LogP contribution in [0.2, 0.25) is 5.22 Å². The van der Waals surface area contributed by atoms with Crippen molar-refractivity contribution in [2.75, 3.05) is 13.2 Å². The minimum Gasteiger partial charge on any atom is -0.481 e. The highest BCUT2D eigenvalue weighted by molar-refractivity contribution is 6.29. The summed E-state index contributed by atoms with van der Waals surface area (Å²) in [6.45, 7) is 2.65. The number of nitrogens with one attached hydrogen (secondary N) is 1. The van der Waals surface area contributed by atoms with Crippen LogP contribution in [0.3, 0.4) is 0 Å². The lowest BCUT2D eigenvalue weighted by molar-refractivity contribution is -0.140. The van der Waals surface area contributed by atoms with Crippen LogP contribution >= 0.6 is 11.6 Å². The van der Waals surface area contributed by atoms with E-state index in [9.17, 15) is 9.59 Å². The first-order valence-corrected chi connectivity index (χ1v) is 7.51. The number of hydrogen-bond donors (Lipinski definition) is 2. The van der Waals surface area contributed by atoms with Gasteiger partial charge in [0.15, 0.2) is 0 Å². The average molecular weight is 331 g/mol. The van der Waals surface area contributed by atoms with E-state index < -0.39 is 11.5 Å². The topological polar surface area (TPSA) is 102 Å². The summed E-state index contributed by atoms with van der Waals surface area (Å²) in [6, 6.07) is 0. The molecule has 7 nitrogen and oxygen atoms in total. The molecule has 0 aromatic carbocycles. The lowest BCUT2D eigenvalue weighted by Crippen LogP contribution is -2.53. The number of aryl methyl sites for hydroxylation is 1. The Hall–Kier alpha value is -1.60. The fourth-order valence-corrected chi connectivity index (χ4v) is 2.90. The lowest BCUT2D eigenvalue weighted by Gasteiger charge is -2.36. The first kappa shape index (κ1) is 16.8. The molecule has 1 aromatic rings. The Morgan fingerprint density at radius 2 is 2.09 bits per heavy atom. The fraction of sp³-hybridized carbons (Fsp3) is 0.643. The van der Waals surface area contributed by atoms with E-state index in [-0.39, 0.29) is 24.0 Å². The van der Waals surface area contributed by atoms with E-state index in [1.807, 2.05) is 0 Å². The van der Waals surface area contributed by atoms with Crippen molar-refractivity contribution in [3.05, 3.63) is 16.5 Å². The molecule has 2 N–H and O–H groups in total. The van der Waals surface area contributed by atoms with Crippen LogP contribution < -0.4 is 5.32 Å². The quantitative estimate of drug-likeness (QED) is 0.823. The number of nitrogens with zero attached hydrogens (tertiary/aromatic N) is 1. The van der Waals surface area contributed by atoms with Gasteiger partial charge >= 0.3 is 5.97 Å². The van der Waals surface area contributed by atoms with Crippen LogP contribution in [0.1, 0.15) is 36.9 Å². The van der Waals surface area contributed by atoms with Crippen molar-refractivity contribution < 1.29 is 24.0 Å². The van der Waals surface area contributed by atoms with Gasteiger partial charge in [-0.2, -0.15) is 0 Å². The highest BCUT2D eigenvalue weighted by Gasteiger charge is 2.36. The van der Waals surface area contributed by atoms with Crippen molar-refractivity contribution >= 4 is 23.5 Å². The van der Waals surface area contributed by atoms with Crippen molar-refractivity contribution in [1.29, 1.82) is 0 Å². The number of aliphatic carboxylic acids is 1. The molecule has 1 aromatic heterocycles. The molecule has 2 rings (SSSR count). The number of rotatable bonds is 6. The van der Waals surface area contributed by atoms with Gasteiger partial charge in [0, 0.05) is 25.2 Å². The van der Waals surface area contributed by atoms with Crippen LogP contribution in [0.4, 0.5) is 0 Å². The number of amides is 1. The molecule has 0 radical (unpaired) electrons. The summed E-state index contributed by atoms with van der Waals surface area (Å²) in [5.41, 5.74) is 0.634. The first-order valence-electron chi connectivity index (χ1n) is 7.13. The molecule has 22 heavy (non-hydrogen) atoms. The number of carboxylic acid groups (broad SMARTS) is 1. The molecule has 0 aliphatic carbocycles. The SMILES string of the molecule is Cc1noc(Cl)c1CCC(=O)NC1(CC(=O)O)CCOCC1. The molecule has 1 aliphatic heterocycles. The summed E-state index contributed by atoms with van der Waals surface area (Å²) < 4.78 is 10.1. The Labute approximate surface area is 132 Å². The van der Waals surface area contributed by atoms with Gasteiger partial charge in [0.1, 0.15) is 0 Å². The third-order valence-corrected chi connectivity index (χ3v) is 4.18. The van der Waals surface area contributed by atoms with Gasteiger partial charge in [-0.25, -0.2) is 0 Å². The fourth-order valence-electron chi connectivity index (χ4n) is 2.63. The predicted molar refractivity (Wildman–Crippen MR) is 77.8 cm³/mol. The maximum Gasteiger partial charge on any atom is 0.305 e. The minimum atomic E-state index is -0.930. The van der Waals surface area contributed by atoms with Crippen molar-refractivity contribution in [2.24, 2.45) is 0 Å². The standard InChI is InChI=1S/C14H19ClN2O5/c1-9-10(13(15)22-17-9)2-3-11(18)16-14(8-12(19)20)4-6-21-7-5-14/h2-8H2,1H3,(H,16,18)(H,19,20). The van der Waals surface area contributed by atoms with E-state index in [1.165, 1.54) is 0 Å². The van der Waals surface area contributed by atoms with Gasteiger partial charge < -0.3 is 19.7 Å². The van der Waals surface area contributed by atoms with Crippen molar-refractivity contribution in [3.8, 4) is 0 Å². The Morgan fingerprint density at radius 1 is 1.41 bits per heavy atom. The van der Waals surface area contributed by atoms with Gasteiger partial charge in [-0.15, -0.1) is 0 Å². The largest absolute Gasteiger partial charge is 0.481 e. The Balaban J connectivity index is 1.95. The number of carboxylic acids is 1. The first-order chi connectivity index (χ1) is 10.4. The monoisotopic (exact) mass is 330 g/mol. The molecule has 1 fully saturated rings. The second-order valence-electron chi connectivity index (χ2n) is 5.53. The third-order valence-electron chi connectivity index (χ3n) is 3.88. The van der Waals surface area contributed by atoms with E-state index in [4.69, 9.17) is 26.0 Å². The van der Waals surface area contributed by atoms with E-state index in [2.05, 4.69) is 10.5 Å². The zero-order valence-corrected chi connectivity index (χ0v) is 13.1. The summed E-state index contributed by atoms with van der Waals surface area (Å²) >= 11 is 5.86. The van der Waals surface area contributed by atoms with E-state index >= 15 is 0 Å². The predicted octanol–water partition coefficient (Wildman–Crippen LogP) is 1.71. The smallest absolute Gasteiger partial charge is 0.305 e. The number of halogens is 1. The molecule has 122 valence electrons. The summed E-state index contributed by atoms with van der Waals surface area (Å²) in [5, 5.41) is 15.9. The highest BCUT2D eigenvalue weighted by atomic mass is 35.5. The second kappa shape index (κ2) is 7.11. The van der Waals surface area contributed by atoms with Crippen molar-refractivity contribution in [3.63, 3.8) is 0 Å². The molecule has 0 atom stereocenters. The zero-order chi connectivity index (χ0) is 16.2. The van der Waals surface area contributed by atoms with Crippen LogP contribution in [0, 0.1) is 6.92 Å². The van der Waals surface area contributed by atoms with E-state index in [1.54, 1.807) is 6.92 Å². The van der Waals surface area contributed by atoms with E-state index in [0.29, 0.717) is 43.7 Å². The number of carbonyl (C=O) groups is 2. The highest BCUT2D eigenvalue weighted by Crippen LogP contribution is 2.25. The van der Waals surface area contributed by atoms with Crippen molar-refractivity contribution in [2.45, 2.75) is 44.6 Å². The van der Waals surface area contributed by atoms with Gasteiger partial charge in [0.05, 0.1) is 17.7 Å². The summed E-state index contributed by atoms with van der Waals surface area (Å²) in [6.07, 6.45) is 1.50. The molecule has 0 unspecified atom stereocenters. The van der Waals surface area contributed by atoms with Gasteiger partial charge in [-0.1, -0.05) is 5.16 Å². The number of hydrogen-bond acceptors (Lipinski definition) is 5.